The summed E-state index contributed by atoms with van der Waals surface area (Å²) >= 11 is 0. The smallest absolute Gasteiger partial charge is 0.254 e. The molecule has 2 unspecified atom stereocenters. The molecule has 1 aromatic heterocycles. The summed E-state index contributed by atoms with van der Waals surface area (Å²) in [6.07, 6.45) is 3.27. The lowest BCUT2D eigenvalue weighted by Crippen LogP contribution is -2.45. The van der Waals surface area contributed by atoms with Crippen molar-refractivity contribution in [2.24, 2.45) is 0 Å². The van der Waals surface area contributed by atoms with Crippen molar-refractivity contribution in [3.63, 3.8) is 0 Å². The summed E-state index contributed by atoms with van der Waals surface area (Å²) in [5.41, 5.74) is 2.66. The lowest BCUT2D eigenvalue weighted by molar-refractivity contribution is -0.0691. The molecule has 4 rings (SSSR count). The van der Waals surface area contributed by atoms with Gasteiger partial charge in [0.05, 0.1) is 19.3 Å². The van der Waals surface area contributed by atoms with Crippen LogP contribution in [-0.4, -0.2) is 41.6 Å². The Labute approximate surface area is 188 Å². The molecule has 6 nitrogen and oxygen atoms in total. The van der Waals surface area contributed by atoms with E-state index in [4.69, 9.17) is 14.2 Å². The number of carbonyl (C=O) groups is 1. The zero-order valence-corrected chi connectivity index (χ0v) is 18.4. The third-order valence-electron chi connectivity index (χ3n) is 5.35. The molecule has 2 atom stereocenters. The van der Waals surface area contributed by atoms with E-state index in [2.05, 4.69) is 4.98 Å². The van der Waals surface area contributed by atoms with Crippen molar-refractivity contribution < 1.29 is 19.0 Å². The zero-order valence-electron chi connectivity index (χ0n) is 18.4. The van der Waals surface area contributed by atoms with Crippen molar-refractivity contribution in [2.45, 2.75) is 32.7 Å². The Hall–Kier alpha value is -3.38. The molecule has 1 aliphatic rings. The van der Waals surface area contributed by atoms with E-state index in [0.29, 0.717) is 43.4 Å². The highest BCUT2D eigenvalue weighted by Gasteiger charge is 2.30. The van der Waals surface area contributed by atoms with Crippen LogP contribution in [0, 0.1) is 0 Å². The molecule has 0 aliphatic carbocycles. The minimum absolute atomic E-state index is 0.0392. The Kier molecular flexibility index (Phi) is 7.02. The first kappa shape index (κ1) is 21.8. The van der Waals surface area contributed by atoms with E-state index in [1.165, 1.54) is 0 Å². The molecule has 0 spiro atoms. The number of nitrogens with zero attached hydrogens (tertiary/aromatic N) is 2. The van der Waals surface area contributed by atoms with Crippen LogP contribution in [0.5, 0.6) is 11.5 Å². The predicted molar refractivity (Wildman–Crippen MR) is 122 cm³/mol. The van der Waals surface area contributed by atoms with Crippen LogP contribution in [-0.2, 0) is 11.3 Å². The van der Waals surface area contributed by atoms with Crippen molar-refractivity contribution in [2.75, 3.05) is 19.7 Å². The number of rotatable bonds is 7. The average Bonchev–Trinajstić information content (AvgIpc) is 2.84. The summed E-state index contributed by atoms with van der Waals surface area (Å²) in [5, 5.41) is 0. The van der Waals surface area contributed by atoms with Crippen molar-refractivity contribution in [3.8, 4) is 11.5 Å². The summed E-state index contributed by atoms with van der Waals surface area (Å²) < 4.78 is 17.8. The van der Waals surface area contributed by atoms with Gasteiger partial charge in [-0.1, -0.05) is 30.3 Å². The van der Waals surface area contributed by atoms with Crippen LogP contribution in [0.4, 0.5) is 0 Å². The lowest BCUT2D eigenvalue weighted by Gasteiger charge is -2.37. The number of pyridine rings is 1. The van der Waals surface area contributed by atoms with E-state index in [0.717, 1.165) is 11.1 Å². The largest absolute Gasteiger partial charge is 0.490 e. The third-order valence-corrected chi connectivity index (χ3v) is 5.35. The molecule has 1 amide bonds. The van der Waals surface area contributed by atoms with E-state index in [1.807, 2.05) is 61.2 Å². The number of benzene rings is 2. The monoisotopic (exact) mass is 432 g/mol. The fraction of sp³-hybridized carbons (Fsp3) is 0.308. The van der Waals surface area contributed by atoms with Crippen molar-refractivity contribution in [1.82, 2.24) is 9.88 Å². The van der Waals surface area contributed by atoms with Gasteiger partial charge >= 0.3 is 0 Å². The molecule has 0 bridgehead atoms. The number of morpholine rings is 1. The van der Waals surface area contributed by atoms with Gasteiger partial charge in [-0.2, -0.15) is 0 Å². The molecule has 166 valence electrons. The Morgan fingerprint density at radius 2 is 1.81 bits per heavy atom. The first-order chi connectivity index (χ1) is 15.6. The Morgan fingerprint density at radius 1 is 1.03 bits per heavy atom. The minimum atomic E-state index is -0.141. The van der Waals surface area contributed by atoms with Crippen LogP contribution in [0.2, 0.25) is 0 Å². The van der Waals surface area contributed by atoms with Gasteiger partial charge in [-0.25, -0.2) is 0 Å². The van der Waals surface area contributed by atoms with Crippen LogP contribution >= 0.6 is 0 Å². The summed E-state index contributed by atoms with van der Waals surface area (Å²) in [7, 11) is 0. The second kappa shape index (κ2) is 10.3. The highest BCUT2D eigenvalue weighted by atomic mass is 16.5. The topological polar surface area (TPSA) is 60.9 Å². The summed E-state index contributed by atoms with van der Waals surface area (Å²) in [4.78, 5) is 19.2. The minimum Gasteiger partial charge on any atom is -0.490 e. The highest BCUT2D eigenvalue weighted by Crippen LogP contribution is 2.31. The van der Waals surface area contributed by atoms with E-state index >= 15 is 0 Å². The van der Waals surface area contributed by atoms with Gasteiger partial charge in [-0.3, -0.25) is 9.78 Å². The first-order valence-corrected chi connectivity index (χ1v) is 10.9. The number of hydrogen-bond acceptors (Lipinski definition) is 5. The maximum absolute atomic E-state index is 13.3. The number of ether oxygens (including phenoxy) is 3. The fourth-order valence-corrected chi connectivity index (χ4v) is 3.82. The summed E-state index contributed by atoms with van der Waals surface area (Å²) in [5.74, 6) is 1.13. The van der Waals surface area contributed by atoms with Gasteiger partial charge in [0.1, 0.15) is 12.7 Å². The van der Waals surface area contributed by atoms with Crippen LogP contribution in [0.25, 0.3) is 0 Å². The highest BCUT2D eigenvalue weighted by molar-refractivity contribution is 5.95. The normalized spacial score (nSPS) is 18.2. The molecule has 1 saturated heterocycles. The van der Waals surface area contributed by atoms with Gasteiger partial charge < -0.3 is 19.1 Å². The molecular formula is C26H28N2O4. The van der Waals surface area contributed by atoms with Crippen LogP contribution < -0.4 is 9.47 Å². The van der Waals surface area contributed by atoms with Crippen LogP contribution in [0.1, 0.15) is 41.4 Å². The van der Waals surface area contributed by atoms with Gasteiger partial charge in [0.25, 0.3) is 5.91 Å². The Morgan fingerprint density at radius 3 is 2.56 bits per heavy atom. The Balaban J connectivity index is 1.50. The molecule has 0 N–H and O–H groups in total. The van der Waals surface area contributed by atoms with Gasteiger partial charge in [0, 0.05) is 24.5 Å². The number of amides is 1. The average molecular weight is 433 g/mol. The number of aromatic nitrogens is 1. The van der Waals surface area contributed by atoms with Gasteiger partial charge in [0.15, 0.2) is 11.5 Å². The second-order valence-electron chi connectivity index (χ2n) is 7.79. The Bertz CT molecular complexity index is 1030. The third kappa shape index (κ3) is 5.26. The number of carbonyl (C=O) groups excluding carboxylic acids is 1. The van der Waals surface area contributed by atoms with E-state index in [1.54, 1.807) is 30.6 Å². The van der Waals surface area contributed by atoms with Gasteiger partial charge in [0.2, 0.25) is 0 Å². The van der Waals surface area contributed by atoms with Crippen LogP contribution in [0.15, 0.2) is 73.1 Å². The van der Waals surface area contributed by atoms with E-state index < -0.39 is 0 Å². The van der Waals surface area contributed by atoms with Crippen molar-refractivity contribution in [1.29, 1.82) is 0 Å². The molecular weight excluding hydrogens is 404 g/mol. The fourth-order valence-electron chi connectivity index (χ4n) is 3.82. The van der Waals surface area contributed by atoms with Crippen molar-refractivity contribution in [3.05, 3.63) is 89.7 Å². The van der Waals surface area contributed by atoms with Crippen molar-refractivity contribution >= 4 is 5.91 Å². The molecule has 6 heteroatoms. The van der Waals surface area contributed by atoms with Gasteiger partial charge in [-0.05, 0) is 55.3 Å². The maximum Gasteiger partial charge on any atom is 0.254 e. The van der Waals surface area contributed by atoms with E-state index in [9.17, 15) is 4.79 Å². The quantitative estimate of drug-likeness (QED) is 0.543. The van der Waals surface area contributed by atoms with E-state index in [-0.39, 0.29) is 18.1 Å². The predicted octanol–water partition coefficient (Wildman–Crippen LogP) is 4.66. The lowest BCUT2D eigenvalue weighted by atomic mass is 10.1. The molecule has 1 aliphatic heterocycles. The SMILES string of the molecule is CCOc1cc(C(=O)N2CC(C)OC(c3ccccc3)C2)ccc1OCc1ccncc1. The molecule has 2 heterocycles. The number of hydrogen-bond donors (Lipinski definition) is 0. The standard InChI is InChI=1S/C26H28N2O4/c1-3-30-24-15-22(9-10-23(24)31-18-20-11-13-27-14-12-20)26(29)28-16-19(2)32-25(17-28)21-7-5-4-6-8-21/h4-15,19,25H,3,16-18H2,1-2H3. The summed E-state index contributed by atoms with van der Waals surface area (Å²) in [6.45, 7) is 5.85. The maximum atomic E-state index is 13.3. The van der Waals surface area contributed by atoms with Gasteiger partial charge in [-0.15, -0.1) is 0 Å². The molecule has 2 aromatic carbocycles. The van der Waals surface area contributed by atoms with Crippen LogP contribution in [0.3, 0.4) is 0 Å². The molecule has 1 fully saturated rings. The summed E-state index contributed by atoms with van der Waals surface area (Å²) in [6, 6.07) is 19.2. The molecule has 32 heavy (non-hydrogen) atoms. The second-order valence-corrected chi connectivity index (χ2v) is 7.79. The zero-order chi connectivity index (χ0) is 22.3. The molecule has 3 aromatic rings. The molecule has 0 saturated carbocycles. The first-order valence-electron chi connectivity index (χ1n) is 10.9. The molecule has 0 radical (unpaired) electrons.